The van der Waals surface area contributed by atoms with E-state index in [2.05, 4.69) is 0 Å². The molecule has 0 saturated heterocycles. The van der Waals surface area contributed by atoms with Crippen LogP contribution in [0.2, 0.25) is 0 Å². The molecule has 0 saturated carbocycles. The quantitative estimate of drug-likeness (QED) is 0.861. The van der Waals surface area contributed by atoms with Crippen LogP contribution in [0.4, 0.5) is 0 Å². The number of benzene rings is 2. The summed E-state index contributed by atoms with van der Waals surface area (Å²) in [7, 11) is 0. The van der Waals surface area contributed by atoms with Crippen LogP contribution in [0.3, 0.4) is 0 Å². The number of carboxylic acids is 1. The summed E-state index contributed by atoms with van der Waals surface area (Å²) in [5.41, 5.74) is 4.73. The molecular formula is C17H12O3. The average Bonchev–Trinajstić information content (AvgIpc) is 2.79. The number of aliphatic carboxylic acids is 1. The first-order valence-electron chi connectivity index (χ1n) is 6.66. The van der Waals surface area contributed by atoms with Gasteiger partial charge in [-0.05, 0) is 22.3 Å². The van der Waals surface area contributed by atoms with Crippen molar-refractivity contribution in [2.75, 3.05) is 0 Å². The van der Waals surface area contributed by atoms with Crippen LogP contribution in [-0.4, -0.2) is 16.9 Å². The van der Waals surface area contributed by atoms with E-state index >= 15 is 0 Å². The number of hydrogen-bond donors (Lipinski definition) is 1. The molecule has 0 radical (unpaired) electrons. The first kappa shape index (κ1) is 11.4. The summed E-state index contributed by atoms with van der Waals surface area (Å²) in [4.78, 5) is 23.8. The zero-order valence-corrected chi connectivity index (χ0v) is 10.7. The van der Waals surface area contributed by atoms with E-state index in [1.54, 1.807) is 0 Å². The van der Waals surface area contributed by atoms with E-state index in [9.17, 15) is 14.7 Å². The molecule has 20 heavy (non-hydrogen) atoms. The Hall–Kier alpha value is -2.42. The molecule has 3 heteroatoms. The fraction of sp³-hybridized carbons (Fsp3) is 0.176. The highest BCUT2D eigenvalue weighted by molar-refractivity contribution is 6.05. The van der Waals surface area contributed by atoms with Gasteiger partial charge >= 0.3 is 5.97 Å². The van der Waals surface area contributed by atoms with Gasteiger partial charge in [-0.25, -0.2) is 0 Å². The van der Waals surface area contributed by atoms with Gasteiger partial charge in [0.25, 0.3) is 0 Å². The van der Waals surface area contributed by atoms with Gasteiger partial charge in [-0.1, -0.05) is 42.5 Å². The minimum atomic E-state index is -0.888. The van der Waals surface area contributed by atoms with Gasteiger partial charge < -0.3 is 5.11 Å². The smallest absolute Gasteiger partial charge is 0.307 e. The van der Waals surface area contributed by atoms with Crippen molar-refractivity contribution in [1.82, 2.24) is 0 Å². The maximum atomic E-state index is 12.2. The van der Waals surface area contributed by atoms with E-state index in [-0.39, 0.29) is 18.1 Å². The standard InChI is InChI=1S/C17H12O3/c18-14-8-13(17(19)20)16-10-5-2-1-4-9(10)11-6-3-7-12(14)15(11)16/h1-7,13,16H,8H2,(H,19,20)/t13-,16-/m1/s1. The topological polar surface area (TPSA) is 54.4 Å². The van der Waals surface area contributed by atoms with Crippen molar-refractivity contribution in [3.63, 3.8) is 0 Å². The van der Waals surface area contributed by atoms with Crippen molar-refractivity contribution in [2.24, 2.45) is 5.92 Å². The van der Waals surface area contributed by atoms with Crippen molar-refractivity contribution in [3.05, 3.63) is 59.2 Å². The van der Waals surface area contributed by atoms with Gasteiger partial charge in [-0.15, -0.1) is 0 Å². The maximum Gasteiger partial charge on any atom is 0.307 e. The number of ketones is 1. The van der Waals surface area contributed by atoms with Gasteiger partial charge in [-0.2, -0.15) is 0 Å². The van der Waals surface area contributed by atoms with E-state index in [0.717, 1.165) is 22.3 Å². The second-order valence-electron chi connectivity index (χ2n) is 5.40. The van der Waals surface area contributed by atoms with Gasteiger partial charge in [0.15, 0.2) is 5.78 Å². The predicted octanol–water partition coefficient (Wildman–Crippen LogP) is 3.09. The van der Waals surface area contributed by atoms with Gasteiger partial charge in [0.1, 0.15) is 0 Å². The Morgan fingerprint density at radius 3 is 2.50 bits per heavy atom. The fourth-order valence-corrected chi connectivity index (χ4v) is 3.62. The highest BCUT2D eigenvalue weighted by Crippen LogP contribution is 2.52. The third kappa shape index (κ3) is 1.29. The lowest BCUT2D eigenvalue weighted by atomic mass is 9.74. The Morgan fingerprint density at radius 1 is 1.00 bits per heavy atom. The number of carbonyl (C=O) groups excluding carboxylic acids is 1. The first-order valence-corrected chi connectivity index (χ1v) is 6.66. The van der Waals surface area contributed by atoms with Gasteiger partial charge in [0.05, 0.1) is 5.92 Å². The molecule has 0 amide bonds. The second-order valence-corrected chi connectivity index (χ2v) is 5.40. The molecule has 2 aliphatic rings. The molecule has 0 heterocycles. The largest absolute Gasteiger partial charge is 0.481 e. The van der Waals surface area contributed by atoms with Gasteiger partial charge in [0, 0.05) is 17.9 Å². The highest BCUT2D eigenvalue weighted by Gasteiger charge is 2.44. The van der Waals surface area contributed by atoms with Crippen LogP contribution >= 0.6 is 0 Å². The van der Waals surface area contributed by atoms with Crippen LogP contribution < -0.4 is 0 Å². The summed E-state index contributed by atoms with van der Waals surface area (Å²) in [6.45, 7) is 0. The van der Waals surface area contributed by atoms with E-state index in [1.807, 2.05) is 42.5 Å². The minimum Gasteiger partial charge on any atom is -0.481 e. The Kier molecular flexibility index (Phi) is 2.16. The fourth-order valence-electron chi connectivity index (χ4n) is 3.62. The monoisotopic (exact) mass is 264 g/mol. The first-order chi connectivity index (χ1) is 9.68. The number of fused-ring (bicyclic) bond motifs is 3. The Balaban J connectivity index is 2.08. The molecule has 0 bridgehead atoms. The Bertz CT molecular complexity index is 761. The van der Waals surface area contributed by atoms with Crippen molar-refractivity contribution in [3.8, 4) is 11.1 Å². The number of rotatable bonds is 1. The van der Waals surface area contributed by atoms with E-state index in [0.29, 0.717) is 5.56 Å². The number of carbonyl (C=O) groups is 2. The van der Waals surface area contributed by atoms with Crippen LogP contribution in [-0.2, 0) is 4.79 Å². The van der Waals surface area contributed by atoms with Crippen molar-refractivity contribution in [2.45, 2.75) is 12.3 Å². The Labute approximate surface area is 115 Å². The predicted molar refractivity (Wildman–Crippen MR) is 73.8 cm³/mol. The Morgan fingerprint density at radius 2 is 1.70 bits per heavy atom. The summed E-state index contributed by atoms with van der Waals surface area (Å²) in [5, 5.41) is 9.48. The molecule has 3 nitrogen and oxygen atoms in total. The number of Topliss-reactive ketones (excluding diaryl/α,β-unsaturated/α-hetero) is 1. The summed E-state index contributed by atoms with van der Waals surface area (Å²) in [6.07, 6.45) is 0.0881. The van der Waals surface area contributed by atoms with Crippen LogP contribution in [0.25, 0.3) is 11.1 Å². The minimum absolute atomic E-state index is 0.0571. The lowest BCUT2D eigenvalue weighted by Crippen LogP contribution is -2.30. The number of carboxylic acid groups (broad SMARTS) is 1. The molecule has 0 spiro atoms. The highest BCUT2D eigenvalue weighted by atomic mass is 16.4. The second kappa shape index (κ2) is 3.79. The van der Waals surface area contributed by atoms with E-state index in [4.69, 9.17) is 0 Å². The molecule has 2 atom stereocenters. The molecule has 2 aromatic carbocycles. The summed E-state index contributed by atoms with van der Waals surface area (Å²) in [6, 6.07) is 13.6. The van der Waals surface area contributed by atoms with Crippen LogP contribution in [0.1, 0.15) is 33.8 Å². The normalized spacial score (nSPS) is 22.3. The van der Waals surface area contributed by atoms with Crippen LogP contribution in [0, 0.1) is 5.92 Å². The maximum absolute atomic E-state index is 12.2. The third-order valence-corrected chi connectivity index (χ3v) is 4.43. The summed E-state index contributed by atoms with van der Waals surface area (Å²) in [5.74, 6) is -1.79. The molecule has 2 aliphatic carbocycles. The lowest BCUT2D eigenvalue weighted by Gasteiger charge is -2.27. The zero-order chi connectivity index (χ0) is 13.9. The van der Waals surface area contributed by atoms with Crippen molar-refractivity contribution >= 4 is 11.8 Å². The van der Waals surface area contributed by atoms with Crippen LogP contribution in [0.5, 0.6) is 0 Å². The SMILES string of the molecule is O=C1C[C@@H](C(=O)O)[C@H]2c3ccccc3-c3cccc1c32. The van der Waals surface area contributed by atoms with E-state index < -0.39 is 11.9 Å². The molecule has 0 aliphatic heterocycles. The zero-order valence-electron chi connectivity index (χ0n) is 10.7. The summed E-state index contributed by atoms with van der Waals surface area (Å²) >= 11 is 0. The molecule has 2 aromatic rings. The van der Waals surface area contributed by atoms with Crippen molar-refractivity contribution in [1.29, 1.82) is 0 Å². The molecule has 4 rings (SSSR count). The van der Waals surface area contributed by atoms with Gasteiger partial charge in [0.2, 0.25) is 0 Å². The average molecular weight is 264 g/mol. The molecule has 0 aromatic heterocycles. The van der Waals surface area contributed by atoms with Crippen molar-refractivity contribution < 1.29 is 14.7 Å². The lowest BCUT2D eigenvalue weighted by molar-refractivity contribution is -0.142. The van der Waals surface area contributed by atoms with Gasteiger partial charge in [-0.3, -0.25) is 9.59 Å². The molecule has 0 fully saturated rings. The number of hydrogen-bond acceptors (Lipinski definition) is 2. The molecule has 0 unspecified atom stereocenters. The van der Waals surface area contributed by atoms with Crippen LogP contribution in [0.15, 0.2) is 42.5 Å². The molecule has 1 N–H and O–H groups in total. The molecular weight excluding hydrogens is 252 g/mol. The third-order valence-electron chi connectivity index (χ3n) is 4.43. The summed E-state index contributed by atoms with van der Waals surface area (Å²) < 4.78 is 0. The van der Waals surface area contributed by atoms with E-state index in [1.165, 1.54) is 0 Å². The molecule has 98 valence electrons.